The first-order valence-electron chi connectivity index (χ1n) is 5.48. The standard InChI is InChI=1S/C12H18N2O2S2/c1-6-7-14(18(5,15)16)8-11-13-10(9-17-11)12(2,3)4/h1,9H,7-8H2,2-5H3. The number of rotatable bonds is 4. The van der Waals surface area contributed by atoms with Crippen molar-refractivity contribution < 1.29 is 8.42 Å². The number of sulfonamides is 1. The molecule has 0 aliphatic rings. The van der Waals surface area contributed by atoms with Gasteiger partial charge in [-0.25, -0.2) is 13.4 Å². The highest BCUT2D eigenvalue weighted by atomic mass is 32.2. The molecule has 100 valence electrons. The lowest BCUT2D eigenvalue weighted by Gasteiger charge is -2.16. The third kappa shape index (κ3) is 4.09. The van der Waals surface area contributed by atoms with Crippen molar-refractivity contribution in [3.8, 4) is 12.3 Å². The van der Waals surface area contributed by atoms with Crippen molar-refractivity contribution in [2.45, 2.75) is 32.7 Å². The number of terminal acetylenes is 1. The van der Waals surface area contributed by atoms with Gasteiger partial charge in [0.05, 0.1) is 25.0 Å². The molecule has 0 amide bonds. The first kappa shape index (κ1) is 15.2. The summed E-state index contributed by atoms with van der Waals surface area (Å²) in [5, 5.41) is 2.73. The molecule has 1 aromatic heterocycles. The zero-order chi connectivity index (χ0) is 14.0. The first-order chi connectivity index (χ1) is 8.14. The molecule has 0 N–H and O–H groups in total. The molecule has 0 aliphatic heterocycles. The average molecular weight is 286 g/mol. The number of hydrogen-bond acceptors (Lipinski definition) is 4. The summed E-state index contributed by atoms with van der Waals surface area (Å²) < 4.78 is 24.3. The molecular weight excluding hydrogens is 268 g/mol. The summed E-state index contributed by atoms with van der Waals surface area (Å²) in [5.74, 6) is 2.36. The minimum absolute atomic E-state index is 0.0310. The van der Waals surface area contributed by atoms with E-state index >= 15 is 0 Å². The Hall–Kier alpha value is -0.900. The fourth-order valence-electron chi connectivity index (χ4n) is 1.27. The lowest BCUT2D eigenvalue weighted by molar-refractivity contribution is 0.445. The molecule has 0 atom stereocenters. The highest BCUT2D eigenvalue weighted by Crippen LogP contribution is 2.24. The second kappa shape index (κ2) is 5.39. The summed E-state index contributed by atoms with van der Waals surface area (Å²) in [4.78, 5) is 4.46. The Bertz CT molecular complexity index is 547. The number of thiazole rings is 1. The average Bonchev–Trinajstić information content (AvgIpc) is 2.63. The van der Waals surface area contributed by atoms with Crippen LogP contribution in [0.3, 0.4) is 0 Å². The Balaban J connectivity index is 2.90. The van der Waals surface area contributed by atoms with Crippen LogP contribution in [0.1, 0.15) is 31.5 Å². The van der Waals surface area contributed by atoms with Crippen molar-refractivity contribution in [2.75, 3.05) is 12.8 Å². The highest BCUT2D eigenvalue weighted by Gasteiger charge is 2.21. The summed E-state index contributed by atoms with van der Waals surface area (Å²) >= 11 is 1.46. The maximum absolute atomic E-state index is 11.5. The van der Waals surface area contributed by atoms with Crippen molar-refractivity contribution in [3.63, 3.8) is 0 Å². The van der Waals surface area contributed by atoms with E-state index in [0.29, 0.717) is 0 Å². The second-order valence-electron chi connectivity index (χ2n) is 5.11. The Labute approximate surface area is 113 Å². The van der Waals surface area contributed by atoms with Crippen LogP contribution in [0.5, 0.6) is 0 Å². The fraction of sp³-hybridized carbons (Fsp3) is 0.583. The van der Waals surface area contributed by atoms with Crippen LogP contribution in [-0.4, -0.2) is 30.5 Å². The minimum Gasteiger partial charge on any atom is -0.244 e. The van der Waals surface area contributed by atoms with Gasteiger partial charge in [-0.3, -0.25) is 0 Å². The Kier molecular flexibility index (Phi) is 4.54. The van der Waals surface area contributed by atoms with Crippen LogP contribution in [0.25, 0.3) is 0 Å². The van der Waals surface area contributed by atoms with Gasteiger partial charge in [0.2, 0.25) is 10.0 Å². The van der Waals surface area contributed by atoms with Crippen LogP contribution in [0, 0.1) is 12.3 Å². The molecule has 1 heterocycles. The molecule has 1 aromatic rings. The van der Waals surface area contributed by atoms with Gasteiger partial charge >= 0.3 is 0 Å². The zero-order valence-corrected chi connectivity index (χ0v) is 12.7. The number of aromatic nitrogens is 1. The maximum Gasteiger partial charge on any atom is 0.212 e. The molecule has 0 saturated carbocycles. The summed E-state index contributed by atoms with van der Waals surface area (Å²) in [6.45, 7) is 6.53. The normalized spacial score (nSPS) is 12.7. The van der Waals surface area contributed by atoms with E-state index in [1.807, 2.05) is 5.38 Å². The van der Waals surface area contributed by atoms with Crippen LogP contribution in [0.2, 0.25) is 0 Å². The summed E-state index contributed by atoms with van der Waals surface area (Å²) in [5.41, 5.74) is 0.938. The Morgan fingerprint density at radius 1 is 1.50 bits per heavy atom. The van der Waals surface area contributed by atoms with Crippen LogP contribution >= 0.6 is 11.3 Å². The summed E-state index contributed by atoms with van der Waals surface area (Å²) in [6.07, 6.45) is 6.34. The zero-order valence-electron chi connectivity index (χ0n) is 11.1. The van der Waals surface area contributed by atoms with Gasteiger partial charge in [0.1, 0.15) is 5.01 Å². The van der Waals surface area contributed by atoms with E-state index in [9.17, 15) is 8.42 Å². The van der Waals surface area contributed by atoms with E-state index in [-0.39, 0.29) is 18.5 Å². The quantitative estimate of drug-likeness (QED) is 0.794. The monoisotopic (exact) mass is 286 g/mol. The van der Waals surface area contributed by atoms with E-state index in [0.717, 1.165) is 17.0 Å². The largest absolute Gasteiger partial charge is 0.244 e. The number of nitrogens with zero attached hydrogens (tertiary/aromatic N) is 2. The van der Waals surface area contributed by atoms with Gasteiger partial charge in [-0.15, -0.1) is 17.8 Å². The summed E-state index contributed by atoms with van der Waals surface area (Å²) in [6, 6.07) is 0. The Morgan fingerprint density at radius 2 is 2.11 bits per heavy atom. The van der Waals surface area contributed by atoms with Gasteiger partial charge in [0, 0.05) is 10.8 Å². The SMILES string of the molecule is C#CCN(Cc1nc(C(C)(C)C)cs1)S(C)(=O)=O. The molecule has 4 nitrogen and oxygen atoms in total. The van der Waals surface area contributed by atoms with E-state index in [4.69, 9.17) is 6.42 Å². The van der Waals surface area contributed by atoms with Crippen molar-refractivity contribution in [2.24, 2.45) is 0 Å². The van der Waals surface area contributed by atoms with Crippen LogP contribution in [-0.2, 0) is 22.0 Å². The molecule has 1 rings (SSSR count). The molecule has 0 bridgehead atoms. The third-order valence-electron chi connectivity index (χ3n) is 2.37. The van der Waals surface area contributed by atoms with Gasteiger partial charge in [0.15, 0.2) is 0 Å². The third-order valence-corrected chi connectivity index (χ3v) is 4.40. The topological polar surface area (TPSA) is 50.3 Å². The van der Waals surface area contributed by atoms with Crippen LogP contribution in [0.15, 0.2) is 5.38 Å². The Morgan fingerprint density at radius 3 is 2.50 bits per heavy atom. The van der Waals surface area contributed by atoms with Crippen LogP contribution in [0.4, 0.5) is 0 Å². The van der Waals surface area contributed by atoms with E-state index in [1.54, 1.807) is 0 Å². The van der Waals surface area contributed by atoms with Crippen LogP contribution < -0.4 is 0 Å². The molecule has 0 spiro atoms. The van der Waals surface area contributed by atoms with Gasteiger partial charge in [-0.05, 0) is 0 Å². The predicted octanol–water partition coefficient (Wildman–Crippen LogP) is 1.84. The van der Waals surface area contributed by atoms with E-state index < -0.39 is 10.0 Å². The van der Waals surface area contributed by atoms with E-state index in [2.05, 4.69) is 31.7 Å². The molecule has 18 heavy (non-hydrogen) atoms. The predicted molar refractivity (Wildman–Crippen MR) is 74.9 cm³/mol. The second-order valence-corrected chi connectivity index (χ2v) is 8.04. The van der Waals surface area contributed by atoms with Gasteiger partial charge in [0.25, 0.3) is 0 Å². The minimum atomic E-state index is -3.29. The van der Waals surface area contributed by atoms with Crippen molar-refractivity contribution in [1.29, 1.82) is 0 Å². The molecular formula is C12H18N2O2S2. The van der Waals surface area contributed by atoms with Crippen molar-refractivity contribution in [3.05, 3.63) is 16.1 Å². The maximum atomic E-state index is 11.5. The first-order valence-corrected chi connectivity index (χ1v) is 8.21. The van der Waals surface area contributed by atoms with Gasteiger partial charge in [-0.1, -0.05) is 26.7 Å². The van der Waals surface area contributed by atoms with Gasteiger partial charge < -0.3 is 0 Å². The molecule has 0 aromatic carbocycles. The molecule has 0 aliphatic carbocycles. The smallest absolute Gasteiger partial charge is 0.212 e. The highest BCUT2D eigenvalue weighted by molar-refractivity contribution is 7.88. The molecule has 0 radical (unpaired) electrons. The van der Waals surface area contributed by atoms with Gasteiger partial charge in [-0.2, -0.15) is 4.31 Å². The lowest BCUT2D eigenvalue weighted by Crippen LogP contribution is -2.29. The van der Waals surface area contributed by atoms with Crippen molar-refractivity contribution >= 4 is 21.4 Å². The lowest BCUT2D eigenvalue weighted by atomic mass is 9.93. The molecule has 0 unspecified atom stereocenters. The molecule has 0 fully saturated rings. The fourth-order valence-corrected chi connectivity index (χ4v) is 3.05. The number of hydrogen-bond donors (Lipinski definition) is 0. The van der Waals surface area contributed by atoms with Crippen molar-refractivity contribution in [1.82, 2.24) is 9.29 Å². The molecule has 6 heteroatoms. The van der Waals surface area contributed by atoms with E-state index in [1.165, 1.54) is 15.6 Å². The summed E-state index contributed by atoms with van der Waals surface area (Å²) in [7, 11) is -3.29. The molecule has 0 saturated heterocycles.